The Hall–Kier alpha value is -0.560. The molecule has 0 saturated heterocycles. The molecule has 0 aromatic heterocycles. The molecule has 1 heteroatoms. The maximum Gasteiger partial charge on any atom is -0.0285 e. The lowest BCUT2D eigenvalue weighted by Crippen LogP contribution is -1.78. The maximum atomic E-state index is 2.20. The van der Waals surface area contributed by atoms with Gasteiger partial charge < -0.3 is 5.48 Å². The summed E-state index contributed by atoms with van der Waals surface area (Å²) in [7, 11) is 0. The molecule has 0 bridgehead atoms. The Morgan fingerprint density at radius 1 is 1.30 bits per heavy atom. The van der Waals surface area contributed by atoms with E-state index in [1.807, 2.05) is 13.8 Å². The van der Waals surface area contributed by atoms with Gasteiger partial charge in [0, 0.05) is 0 Å². The zero-order valence-electron chi connectivity index (χ0n) is 7.15. The van der Waals surface area contributed by atoms with Gasteiger partial charge in [-0.25, -0.2) is 0 Å². The first-order valence-corrected chi connectivity index (χ1v) is 3.72. The van der Waals surface area contributed by atoms with E-state index >= 15 is 0 Å². The number of hydrogen-bond acceptors (Lipinski definition) is 0. The van der Waals surface area contributed by atoms with Gasteiger partial charge >= 0.3 is 0 Å². The van der Waals surface area contributed by atoms with Crippen molar-refractivity contribution in [3.8, 4) is 0 Å². The summed E-state index contributed by atoms with van der Waals surface area (Å²) in [5.41, 5.74) is 1.50. The highest BCUT2D eigenvalue weighted by molar-refractivity contribution is 5.15. The highest BCUT2D eigenvalue weighted by Gasteiger charge is 1.88. The number of allylic oxidation sites excluding steroid dienone is 4. The molecule has 1 rings (SSSR count). The van der Waals surface area contributed by atoms with Crippen molar-refractivity contribution in [2.75, 3.05) is 0 Å². The minimum absolute atomic E-state index is 0. The van der Waals surface area contributed by atoms with Crippen LogP contribution < -0.4 is 0 Å². The highest BCUT2D eigenvalue weighted by Crippen LogP contribution is 2.08. The fraction of sp³-hybridized carbons (Fsp3) is 0.556. The van der Waals surface area contributed by atoms with Crippen LogP contribution in [0.2, 0.25) is 0 Å². The summed E-state index contributed by atoms with van der Waals surface area (Å²) in [5, 5.41) is 0. The molecule has 0 heterocycles. The molecule has 10 heavy (non-hydrogen) atoms. The van der Waals surface area contributed by atoms with Crippen LogP contribution in [-0.4, -0.2) is 5.48 Å². The molecule has 0 amide bonds. The van der Waals surface area contributed by atoms with E-state index in [4.69, 9.17) is 0 Å². The van der Waals surface area contributed by atoms with Crippen molar-refractivity contribution < 1.29 is 5.48 Å². The molecular weight excluding hydrogens is 124 g/mol. The largest absolute Gasteiger partial charge is 0.412 e. The second-order valence-corrected chi connectivity index (χ2v) is 1.98. The predicted molar refractivity (Wildman–Crippen MR) is 47.1 cm³/mol. The van der Waals surface area contributed by atoms with Gasteiger partial charge in [0.2, 0.25) is 0 Å². The summed E-state index contributed by atoms with van der Waals surface area (Å²) in [6, 6.07) is 0. The molecule has 1 nitrogen and oxygen atoms in total. The minimum Gasteiger partial charge on any atom is -0.412 e. The third-order valence-corrected chi connectivity index (χ3v) is 1.22. The Morgan fingerprint density at radius 2 is 1.90 bits per heavy atom. The topological polar surface area (TPSA) is 31.5 Å². The van der Waals surface area contributed by atoms with Gasteiger partial charge in [-0.05, 0) is 19.8 Å². The van der Waals surface area contributed by atoms with E-state index in [0.717, 1.165) is 0 Å². The van der Waals surface area contributed by atoms with Gasteiger partial charge in [0.25, 0.3) is 0 Å². The van der Waals surface area contributed by atoms with Crippen LogP contribution in [0, 0.1) is 0 Å². The number of rotatable bonds is 0. The fourth-order valence-corrected chi connectivity index (χ4v) is 0.723. The monoisotopic (exact) mass is 142 g/mol. The van der Waals surface area contributed by atoms with E-state index in [-0.39, 0.29) is 5.48 Å². The van der Waals surface area contributed by atoms with Crippen molar-refractivity contribution >= 4 is 0 Å². The molecule has 0 radical (unpaired) electrons. The van der Waals surface area contributed by atoms with Crippen molar-refractivity contribution in [2.24, 2.45) is 0 Å². The molecule has 0 unspecified atom stereocenters. The van der Waals surface area contributed by atoms with E-state index in [1.54, 1.807) is 0 Å². The molecule has 0 aromatic carbocycles. The number of hydrogen-bond donors (Lipinski definition) is 0. The molecule has 0 saturated carbocycles. The molecule has 0 aromatic rings. The van der Waals surface area contributed by atoms with Crippen LogP contribution in [0.4, 0.5) is 0 Å². The van der Waals surface area contributed by atoms with Gasteiger partial charge in [0.15, 0.2) is 0 Å². The molecule has 0 fully saturated rings. The average Bonchev–Trinajstić information content (AvgIpc) is 1.94. The summed E-state index contributed by atoms with van der Waals surface area (Å²) in [4.78, 5) is 0. The Morgan fingerprint density at radius 3 is 2.10 bits per heavy atom. The summed E-state index contributed by atoms with van der Waals surface area (Å²) in [6.45, 7) is 6.17. The summed E-state index contributed by atoms with van der Waals surface area (Å²) < 4.78 is 0. The Labute approximate surface area is 63.8 Å². The Kier molecular flexibility index (Phi) is 10.3. The van der Waals surface area contributed by atoms with E-state index < -0.39 is 0 Å². The molecular formula is C9H18O. The lowest BCUT2D eigenvalue weighted by Gasteiger charge is -1.98. The van der Waals surface area contributed by atoms with E-state index in [1.165, 1.54) is 18.4 Å². The molecule has 0 aliphatic heterocycles. The zero-order chi connectivity index (χ0) is 7.11. The molecule has 1 aliphatic carbocycles. The van der Waals surface area contributed by atoms with Gasteiger partial charge in [0.05, 0.1) is 0 Å². The van der Waals surface area contributed by atoms with Gasteiger partial charge in [-0.3, -0.25) is 0 Å². The van der Waals surface area contributed by atoms with E-state index in [0.29, 0.717) is 0 Å². The molecule has 1 aliphatic rings. The molecule has 2 N–H and O–H groups in total. The van der Waals surface area contributed by atoms with Gasteiger partial charge in [-0.1, -0.05) is 37.6 Å². The van der Waals surface area contributed by atoms with Crippen LogP contribution in [0.15, 0.2) is 23.8 Å². The first kappa shape index (κ1) is 12.1. The van der Waals surface area contributed by atoms with E-state index in [9.17, 15) is 0 Å². The molecule has 0 atom stereocenters. The zero-order valence-corrected chi connectivity index (χ0v) is 7.15. The summed E-state index contributed by atoms with van der Waals surface area (Å²) in [5.74, 6) is 0. The Bertz CT molecular complexity index is 112. The lowest BCUT2D eigenvalue weighted by atomic mass is 10.1. The van der Waals surface area contributed by atoms with Crippen molar-refractivity contribution in [1.29, 1.82) is 0 Å². The van der Waals surface area contributed by atoms with Crippen molar-refractivity contribution in [3.05, 3.63) is 23.8 Å². The van der Waals surface area contributed by atoms with Crippen LogP contribution in [0.3, 0.4) is 0 Å². The third kappa shape index (κ3) is 5.57. The van der Waals surface area contributed by atoms with Crippen molar-refractivity contribution in [1.82, 2.24) is 0 Å². The highest BCUT2D eigenvalue weighted by atomic mass is 16.0. The average molecular weight is 142 g/mol. The normalized spacial score (nSPS) is 14.1. The minimum atomic E-state index is 0. The Balaban J connectivity index is 0. The molecule has 0 spiro atoms. The van der Waals surface area contributed by atoms with Crippen LogP contribution in [-0.2, 0) is 0 Å². The summed E-state index contributed by atoms with van der Waals surface area (Å²) >= 11 is 0. The quantitative estimate of drug-likeness (QED) is 0.497. The first-order chi connectivity index (χ1) is 4.39. The van der Waals surface area contributed by atoms with Gasteiger partial charge in [-0.15, -0.1) is 0 Å². The SMILES string of the molecule is CC.CC1=CC=CCC1.O. The first-order valence-electron chi connectivity index (χ1n) is 3.72. The van der Waals surface area contributed by atoms with E-state index in [2.05, 4.69) is 25.2 Å². The maximum absolute atomic E-state index is 2.20. The van der Waals surface area contributed by atoms with Crippen LogP contribution in [0.5, 0.6) is 0 Å². The second kappa shape index (κ2) is 8.44. The smallest absolute Gasteiger partial charge is 0.0285 e. The lowest BCUT2D eigenvalue weighted by molar-refractivity contribution is 0.824. The predicted octanol–water partition coefficient (Wildman–Crippen LogP) is 2.48. The fourth-order valence-electron chi connectivity index (χ4n) is 0.723. The summed E-state index contributed by atoms with van der Waals surface area (Å²) in [6.07, 6.45) is 8.99. The van der Waals surface area contributed by atoms with Gasteiger partial charge in [0.1, 0.15) is 0 Å². The third-order valence-electron chi connectivity index (χ3n) is 1.22. The second-order valence-electron chi connectivity index (χ2n) is 1.98. The molecule has 60 valence electrons. The van der Waals surface area contributed by atoms with Crippen LogP contribution >= 0.6 is 0 Å². The van der Waals surface area contributed by atoms with Crippen LogP contribution in [0.1, 0.15) is 33.6 Å². The van der Waals surface area contributed by atoms with Crippen molar-refractivity contribution in [3.63, 3.8) is 0 Å². The standard InChI is InChI=1S/C7H10.C2H6.H2O/c1-7-5-3-2-4-6-7;1-2;/h2-3,5H,4,6H2,1H3;1-2H3;1H2. The van der Waals surface area contributed by atoms with Crippen LogP contribution in [0.25, 0.3) is 0 Å². The van der Waals surface area contributed by atoms with Crippen molar-refractivity contribution in [2.45, 2.75) is 33.6 Å². The van der Waals surface area contributed by atoms with Gasteiger partial charge in [-0.2, -0.15) is 0 Å².